The summed E-state index contributed by atoms with van der Waals surface area (Å²) in [6.45, 7) is 0. The summed E-state index contributed by atoms with van der Waals surface area (Å²) in [5.41, 5.74) is -0.916. The minimum atomic E-state index is -2.19. The predicted molar refractivity (Wildman–Crippen MR) is 73.5 cm³/mol. The Morgan fingerprint density at radius 2 is 1.43 bits per heavy atom. The Labute approximate surface area is 127 Å². The minimum absolute atomic E-state index is 0.165. The van der Waals surface area contributed by atoms with Gasteiger partial charge in [0.25, 0.3) is 0 Å². The van der Waals surface area contributed by atoms with Crippen molar-refractivity contribution in [3.63, 3.8) is 0 Å². The third-order valence-corrected chi connectivity index (χ3v) is 3.43. The first-order valence-electron chi connectivity index (χ1n) is 6.41. The molecule has 2 nitrogen and oxygen atoms in total. The average molecular weight is 325 g/mol. The molecule has 23 heavy (non-hydrogen) atoms. The van der Waals surface area contributed by atoms with E-state index in [-0.39, 0.29) is 16.5 Å². The number of nitrogens with zero attached hydrogens (tertiary/aromatic N) is 1. The summed E-state index contributed by atoms with van der Waals surface area (Å²) >= 11 is 0. The second-order valence-electron chi connectivity index (χ2n) is 4.66. The largest absolute Gasteiger partial charge is 0.494 e. The molecule has 0 spiro atoms. The van der Waals surface area contributed by atoms with Gasteiger partial charge >= 0.3 is 0 Å². The highest BCUT2D eigenvalue weighted by Gasteiger charge is 2.27. The lowest BCUT2D eigenvalue weighted by molar-refractivity contribution is 0.381. The summed E-state index contributed by atoms with van der Waals surface area (Å²) in [7, 11) is 1.38. The standard InChI is InChI=1S/C16H8F5NO/c1-23-9-5-4-7(8-3-2-6-22-16(8)9)10-11(17)13(19)15(21)14(20)12(10)18/h2-6H,1H3. The third kappa shape index (κ3) is 2.19. The van der Waals surface area contributed by atoms with Crippen LogP contribution in [0.1, 0.15) is 0 Å². The van der Waals surface area contributed by atoms with E-state index in [0.29, 0.717) is 5.75 Å². The Kier molecular flexibility index (Phi) is 3.63. The molecule has 1 heterocycles. The quantitative estimate of drug-likeness (QED) is 0.390. The third-order valence-electron chi connectivity index (χ3n) is 3.43. The zero-order chi connectivity index (χ0) is 16.7. The van der Waals surface area contributed by atoms with E-state index in [0.717, 1.165) is 0 Å². The summed E-state index contributed by atoms with van der Waals surface area (Å²) in [6.07, 6.45) is 1.42. The SMILES string of the molecule is COc1ccc(-c2c(F)c(F)c(F)c(F)c2F)c2cccnc12. The molecule has 0 N–H and O–H groups in total. The van der Waals surface area contributed by atoms with Gasteiger partial charge in [-0.3, -0.25) is 4.98 Å². The summed E-state index contributed by atoms with van der Waals surface area (Å²) in [6, 6.07) is 5.51. The number of methoxy groups -OCH3 is 1. The number of fused-ring (bicyclic) bond motifs is 1. The Morgan fingerprint density at radius 3 is 2.04 bits per heavy atom. The molecule has 0 aliphatic heterocycles. The fraction of sp³-hybridized carbons (Fsp3) is 0.0625. The summed E-state index contributed by atoms with van der Waals surface area (Å²) < 4.78 is 73.2. The van der Waals surface area contributed by atoms with E-state index in [4.69, 9.17) is 4.74 Å². The van der Waals surface area contributed by atoms with Crippen LogP contribution in [0.25, 0.3) is 22.0 Å². The molecule has 118 valence electrons. The van der Waals surface area contributed by atoms with Gasteiger partial charge in [0.15, 0.2) is 23.3 Å². The molecule has 3 rings (SSSR count). The van der Waals surface area contributed by atoms with Gasteiger partial charge in [0.05, 0.1) is 12.7 Å². The molecule has 2 aromatic carbocycles. The van der Waals surface area contributed by atoms with E-state index < -0.39 is 34.6 Å². The van der Waals surface area contributed by atoms with E-state index in [1.807, 2.05) is 0 Å². The number of aromatic nitrogens is 1. The van der Waals surface area contributed by atoms with Crippen LogP contribution < -0.4 is 4.74 Å². The average Bonchev–Trinajstić information content (AvgIpc) is 2.58. The van der Waals surface area contributed by atoms with Crippen molar-refractivity contribution in [3.8, 4) is 16.9 Å². The molecule has 0 fully saturated rings. The molecular formula is C16H8F5NO. The Balaban J connectivity index is 2.44. The molecule has 0 amide bonds. The van der Waals surface area contributed by atoms with Gasteiger partial charge in [-0.15, -0.1) is 0 Å². The molecule has 0 aliphatic rings. The van der Waals surface area contributed by atoms with Crippen LogP contribution in [0, 0.1) is 29.1 Å². The number of benzene rings is 2. The highest BCUT2D eigenvalue weighted by molar-refractivity contribution is 5.98. The van der Waals surface area contributed by atoms with Gasteiger partial charge in [-0.2, -0.15) is 0 Å². The summed E-state index contributed by atoms with van der Waals surface area (Å²) in [5, 5.41) is 0.204. The van der Waals surface area contributed by atoms with Gasteiger partial charge < -0.3 is 4.74 Å². The predicted octanol–water partition coefficient (Wildman–Crippen LogP) is 4.61. The van der Waals surface area contributed by atoms with Crippen molar-refractivity contribution in [2.75, 3.05) is 7.11 Å². The highest BCUT2D eigenvalue weighted by Crippen LogP contribution is 2.37. The molecule has 0 atom stereocenters. The van der Waals surface area contributed by atoms with Crippen LogP contribution >= 0.6 is 0 Å². The smallest absolute Gasteiger partial charge is 0.200 e. The van der Waals surface area contributed by atoms with E-state index in [2.05, 4.69) is 4.98 Å². The topological polar surface area (TPSA) is 22.1 Å². The maximum absolute atomic E-state index is 14.0. The van der Waals surface area contributed by atoms with Gasteiger partial charge in [0, 0.05) is 11.6 Å². The van der Waals surface area contributed by atoms with Crippen molar-refractivity contribution >= 4 is 10.9 Å². The van der Waals surface area contributed by atoms with Crippen LogP contribution in [0.3, 0.4) is 0 Å². The van der Waals surface area contributed by atoms with Crippen LogP contribution in [0.2, 0.25) is 0 Å². The molecule has 0 radical (unpaired) electrons. The lowest BCUT2D eigenvalue weighted by atomic mass is 9.98. The molecule has 1 aromatic heterocycles. The highest BCUT2D eigenvalue weighted by atomic mass is 19.2. The van der Waals surface area contributed by atoms with Crippen LogP contribution in [-0.2, 0) is 0 Å². The fourth-order valence-electron chi connectivity index (χ4n) is 2.37. The monoisotopic (exact) mass is 325 g/mol. The first-order valence-corrected chi connectivity index (χ1v) is 6.41. The van der Waals surface area contributed by atoms with Gasteiger partial charge in [0.2, 0.25) is 5.82 Å². The van der Waals surface area contributed by atoms with Crippen molar-refractivity contribution < 1.29 is 26.7 Å². The number of rotatable bonds is 2. The van der Waals surface area contributed by atoms with Gasteiger partial charge in [-0.25, -0.2) is 22.0 Å². The van der Waals surface area contributed by atoms with E-state index >= 15 is 0 Å². The van der Waals surface area contributed by atoms with Crippen molar-refractivity contribution in [1.82, 2.24) is 4.98 Å². The Bertz CT molecular complexity index is 897. The number of ether oxygens (including phenoxy) is 1. The zero-order valence-corrected chi connectivity index (χ0v) is 11.6. The maximum Gasteiger partial charge on any atom is 0.200 e. The van der Waals surface area contributed by atoms with Gasteiger partial charge in [-0.1, -0.05) is 6.07 Å². The van der Waals surface area contributed by atoms with E-state index in [1.165, 1.54) is 37.6 Å². The second-order valence-corrected chi connectivity index (χ2v) is 4.66. The maximum atomic E-state index is 14.0. The van der Waals surface area contributed by atoms with Gasteiger partial charge in [-0.05, 0) is 23.8 Å². The van der Waals surface area contributed by atoms with Gasteiger partial charge in [0.1, 0.15) is 11.3 Å². The Morgan fingerprint density at radius 1 is 0.826 bits per heavy atom. The molecular weight excluding hydrogens is 317 g/mol. The molecule has 7 heteroatoms. The second kappa shape index (κ2) is 5.49. The zero-order valence-electron chi connectivity index (χ0n) is 11.6. The molecule has 3 aromatic rings. The minimum Gasteiger partial charge on any atom is -0.494 e. The lowest BCUT2D eigenvalue weighted by Crippen LogP contribution is -2.04. The van der Waals surface area contributed by atoms with Crippen LogP contribution in [0.4, 0.5) is 22.0 Å². The van der Waals surface area contributed by atoms with Crippen LogP contribution in [0.15, 0.2) is 30.5 Å². The van der Waals surface area contributed by atoms with Crippen LogP contribution in [-0.4, -0.2) is 12.1 Å². The number of halogens is 5. The van der Waals surface area contributed by atoms with E-state index in [9.17, 15) is 22.0 Å². The molecule has 0 bridgehead atoms. The molecule has 0 saturated carbocycles. The molecule has 0 saturated heterocycles. The number of pyridine rings is 1. The lowest BCUT2D eigenvalue weighted by Gasteiger charge is -2.12. The van der Waals surface area contributed by atoms with Crippen molar-refractivity contribution in [2.45, 2.75) is 0 Å². The Hall–Kier alpha value is -2.70. The normalized spacial score (nSPS) is 11.0. The molecule has 0 unspecified atom stereocenters. The van der Waals surface area contributed by atoms with Crippen molar-refractivity contribution in [2.24, 2.45) is 0 Å². The van der Waals surface area contributed by atoms with Crippen molar-refractivity contribution in [3.05, 3.63) is 59.5 Å². The summed E-state index contributed by atoms with van der Waals surface area (Å²) in [4.78, 5) is 4.03. The van der Waals surface area contributed by atoms with Crippen molar-refractivity contribution in [1.29, 1.82) is 0 Å². The fourth-order valence-corrected chi connectivity index (χ4v) is 2.37. The number of hydrogen-bond acceptors (Lipinski definition) is 2. The van der Waals surface area contributed by atoms with Crippen LogP contribution in [0.5, 0.6) is 5.75 Å². The summed E-state index contributed by atoms with van der Waals surface area (Å²) in [5.74, 6) is -9.65. The number of hydrogen-bond donors (Lipinski definition) is 0. The van der Waals surface area contributed by atoms with E-state index in [1.54, 1.807) is 0 Å². The first kappa shape index (κ1) is 15.2. The molecule has 0 aliphatic carbocycles. The first-order chi connectivity index (χ1) is 11.0.